The molecule has 0 aliphatic carbocycles. The summed E-state index contributed by atoms with van der Waals surface area (Å²) in [5.74, 6) is 0. The van der Waals surface area contributed by atoms with Gasteiger partial charge in [-0.3, -0.25) is 10.1 Å². The quantitative estimate of drug-likeness (QED) is 0.652. The molecule has 2 N–H and O–H groups in total. The Morgan fingerprint density at radius 3 is 2.54 bits per heavy atom. The molecule has 13 heavy (non-hydrogen) atoms. The van der Waals surface area contributed by atoms with E-state index in [4.69, 9.17) is 5.73 Å². The Balaban J connectivity index is 0.00000144. The molecular formula is C8H11BrN2O2. The molecule has 0 saturated heterocycles. The predicted molar refractivity (Wildman–Crippen MR) is 56.2 cm³/mol. The summed E-state index contributed by atoms with van der Waals surface area (Å²) in [4.78, 5) is 10.1. The molecule has 1 aromatic rings. The zero-order valence-electron chi connectivity index (χ0n) is 6.97. The van der Waals surface area contributed by atoms with Gasteiger partial charge in [-0.1, -0.05) is 18.2 Å². The molecule has 1 rings (SSSR count). The van der Waals surface area contributed by atoms with Crippen molar-refractivity contribution in [3.8, 4) is 0 Å². The van der Waals surface area contributed by atoms with Gasteiger partial charge in [-0.15, -0.1) is 17.0 Å². The summed E-state index contributed by atoms with van der Waals surface area (Å²) < 4.78 is 0. The largest absolute Gasteiger partial charge is 0.330 e. The molecule has 0 bridgehead atoms. The van der Waals surface area contributed by atoms with Crippen molar-refractivity contribution in [2.24, 2.45) is 5.73 Å². The highest BCUT2D eigenvalue weighted by Gasteiger charge is 2.10. The summed E-state index contributed by atoms with van der Waals surface area (Å²) >= 11 is 0. The second-order valence-corrected chi connectivity index (χ2v) is 2.42. The third kappa shape index (κ3) is 3.12. The summed E-state index contributed by atoms with van der Waals surface area (Å²) in [6, 6.07) is 6.64. The highest BCUT2D eigenvalue weighted by Crippen LogP contribution is 2.17. The Hall–Kier alpha value is -0.940. The normalized spacial score (nSPS) is 9.00. The molecule has 0 atom stereocenters. The molecule has 0 fully saturated rings. The molecule has 72 valence electrons. The van der Waals surface area contributed by atoms with Crippen LogP contribution in [-0.2, 0) is 6.42 Å². The standard InChI is InChI=1S/C8H10N2O2.BrH/c9-6-5-7-3-1-2-4-8(7)10(11)12;/h1-4H,5-6,9H2;1H. The van der Waals surface area contributed by atoms with Gasteiger partial charge in [0.2, 0.25) is 0 Å². The first-order valence-electron chi connectivity index (χ1n) is 3.68. The summed E-state index contributed by atoms with van der Waals surface area (Å²) in [5, 5.41) is 10.5. The number of para-hydroxylation sites is 1. The van der Waals surface area contributed by atoms with Crippen LogP contribution in [0.25, 0.3) is 0 Å². The zero-order chi connectivity index (χ0) is 8.97. The fourth-order valence-electron chi connectivity index (χ4n) is 1.06. The highest BCUT2D eigenvalue weighted by molar-refractivity contribution is 8.93. The number of hydrogen-bond donors (Lipinski definition) is 1. The van der Waals surface area contributed by atoms with E-state index in [1.807, 2.05) is 0 Å². The first-order chi connectivity index (χ1) is 5.75. The molecule has 0 radical (unpaired) electrons. The molecule has 0 aromatic heterocycles. The van der Waals surface area contributed by atoms with Crippen LogP contribution in [0.2, 0.25) is 0 Å². The van der Waals surface area contributed by atoms with Crippen molar-refractivity contribution in [2.45, 2.75) is 6.42 Å². The number of benzene rings is 1. The highest BCUT2D eigenvalue weighted by atomic mass is 79.9. The minimum absolute atomic E-state index is 0. The van der Waals surface area contributed by atoms with Gasteiger partial charge in [-0.25, -0.2) is 0 Å². The first kappa shape index (κ1) is 12.1. The molecular weight excluding hydrogens is 236 g/mol. The van der Waals surface area contributed by atoms with Crippen LogP contribution in [0, 0.1) is 10.1 Å². The lowest BCUT2D eigenvalue weighted by molar-refractivity contribution is -0.385. The van der Waals surface area contributed by atoms with Crippen molar-refractivity contribution in [3.63, 3.8) is 0 Å². The van der Waals surface area contributed by atoms with E-state index in [0.29, 0.717) is 18.5 Å². The molecule has 0 saturated carbocycles. The van der Waals surface area contributed by atoms with Gasteiger partial charge >= 0.3 is 0 Å². The summed E-state index contributed by atoms with van der Waals surface area (Å²) in [7, 11) is 0. The van der Waals surface area contributed by atoms with E-state index in [1.165, 1.54) is 6.07 Å². The van der Waals surface area contributed by atoms with Crippen molar-refractivity contribution in [1.82, 2.24) is 0 Å². The van der Waals surface area contributed by atoms with E-state index >= 15 is 0 Å². The average molecular weight is 247 g/mol. The van der Waals surface area contributed by atoms with Crippen LogP contribution in [0.1, 0.15) is 5.56 Å². The minimum atomic E-state index is -0.384. The lowest BCUT2D eigenvalue weighted by Gasteiger charge is -1.98. The Morgan fingerprint density at radius 1 is 1.38 bits per heavy atom. The van der Waals surface area contributed by atoms with Crippen LogP contribution >= 0.6 is 17.0 Å². The number of nitro groups is 1. The number of nitrogens with two attached hydrogens (primary N) is 1. The fraction of sp³-hybridized carbons (Fsp3) is 0.250. The van der Waals surface area contributed by atoms with Crippen molar-refractivity contribution in [1.29, 1.82) is 0 Å². The van der Waals surface area contributed by atoms with Crippen molar-refractivity contribution in [3.05, 3.63) is 39.9 Å². The predicted octanol–water partition coefficient (Wildman–Crippen LogP) is 1.67. The van der Waals surface area contributed by atoms with Crippen LogP contribution in [0.3, 0.4) is 0 Å². The molecule has 1 aromatic carbocycles. The number of rotatable bonds is 3. The number of nitrogens with zero attached hydrogens (tertiary/aromatic N) is 1. The summed E-state index contributed by atoms with van der Waals surface area (Å²) in [6.07, 6.45) is 0.553. The van der Waals surface area contributed by atoms with Crippen LogP contribution in [-0.4, -0.2) is 11.5 Å². The third-order valence-corrected chi connectivity index (χ3v) is 1.60. The van der Waals surface area contributed by atoms with Gasteiger partial charge in [0.15, 0.2) is 0 Å². The molecule has 0 spiro atoms. The number of halogens is 1. The van der Waals surface area contributed by atoms with Crippen molar-refractivity contribution >= 4 is 22.7 Å². The lowest BCUT2D eigenvalue weighted by atomic mass is 10.1. The number of hydrogen-bond acceptors (Lipinski definition) is 3. The molecule has 5 heteroatoms. The van der Waals surface area contributed by atoms with E-state index < -0.39 is 0 Å². The van der Waals surface area contributed by atoms with Crippen LogP contribution in [0.4, 0.5) is 5.69 Å². The van der Waals surface area contributed by atoms with Gasteiger partial charge in [0.05, 0.1) is 4.92 Å². The molecule has 0 aliphatic rings. The van der Waals surface area contributed by atoms with Crippen molar-refractivity contribution < 1.29 is 4.92 Å². The minimum Gasteiger partial charge on any atom is -0.330 e. The number of nitro benzene ring substituents is 1. The molecule has 0 unspecified atom stereocenters. The third-order valence-electron chi connectivity index (χ3n) is 1.60. The Bertz CT molecular complexity index is 291. The maximum absolute atomic E-state index is 10.5. The van der Waals surface area contributed by atoms with Crippen molar-refractivity contribution in [2.75, 3.05) is 6.54 Å². The van der Waals surface area contributed by atoms with Gasteiger partial charge in [0.1, 0.15) is 0 Å². The lowest BCUT2D eigenvalue weighted by Crippen LogP contribution is -2.04. The molecule has 4 nitrogen and oxygen atoms in total. The summed E-state index contributed by atoms with van der Waals surface area (Å²) in [6.45, 7) is 0.435. The maximum Gasteiger partial charge on any atom is 0.272 e. The average Bonchev–Trinajstić information content (AvgIpc) is 2.05. The van der Waals surface area contributed by atoms with Gasteiger partial charge in [0, 0.05) is 11.6 Å². The van der Waals surface area contributed by atoms with Crippen LogP contribution in [0.5, 0.6) is 0 Å². The monoisotopic (exact) mass is 246 g/mol. The zero-order valence-corrected chi connectivity index (χ0v) is 8.69. The maximum atomic E-state index is 10.5. The molecule has 0 amide bonds. The Kier molecular flexibility index (Phi) is 5.25. The van der Waals surface area contributed by atoms with E-state index in [0.717, 1.165) is 0 Å². The van der Waals surface area contributed by atoms with Gasteiger partial charge in [-0.2, -0.15) is 0 Å². The Labute approximate surface area is 86.7 Å². The second-order valence-electron chi connectivity index (χ2n) is 2.42. The second kappa shape index (κ2) is 5.66. The fourth-order valence-corrected chi connectivity index (χ4v) is 1.06. The summed E-state index contributed by atoms with van der Waals surface area (Å²) in [5.41, 5.74) is 6.16. The SMILES string of the molecule is Br.NCCc1ccccc1[N+](=O)[O-]. The van der Waals surface area contributed by atoms with E-state index in [-0.39, 0.29) is 27.6 Å². The van der Waals surface area contributed by atoms with E-state index in [2.05, 4.69) is 0 Å². The van der Waals surface area contributed by atoms with E-state index in [1.54, 1.807) is 18.2 Å². The van der Waals surface area contributed by atoms with Crippen LogP contribution < -0.4 is 5.73 Å². The van der Waals surface area contributed by atoms with Gasteiger partial charge < -0.3 is 5.73 Å². The van der Waals surface area contributed by atoms with E-state index in [9.17, 15) is 10.1 Å². The van der Waals surface area contributed by atoms with Gasteiger partial charge in [-0.05, 0) is 13.0 Å². The topological polar surface area (TPSA) is 69.2 Å². The molecule has 0 heterocycles. The van der Waals surface area contributed by atoms with Gasteiger partial charge in [0.25, 0.3) is 5.69 Å². The smallest absolute Gasteiger partial charge is 0.272 e. The first-order valence-corrected chi connectivity index (χ1v) is 3.68. The molecule has 0 aliphatic heterocycles. The Morgan fingerprint density at radius 2 is 2.00 bits per heavy atom. The van der Waals surface area contributed by atoms with Crippen LogP contribution in [0.15, 0.2) is 24.3 Å².